The van der Waals surface area contributed by atoms with Crippen LogP contribution in [0.3, 0.4) is 0 Å². The van der Waals surface area contributed by atoms with Gasteiger partial charge in [0.05, 0.1) is 26.1 Å². The molecule has 1 aromatic rings. The van der Waals surface area contributed by atoms with E-state index < -0.39 is 18.4 Å². The van der Waals surface area contributed by atoms with Gasteiger partial charge in [-0.3, -0.25) is 9.59 Å². The maximum atomic E-state index is 11.3. The van der Waals surface area contributed by atoms with Gasteiger partial charge in [-0.25, -0.2) is 0 Å². The lowest BCUT2D eigenvalue weighted by Gasteiger charge is -2.05. The highest BCUT2D eigenvalue weighted by Crippen LogP contribution is 2.03. The van der Waals surface area contributed by atoms with Crippen LogP contribution in [-0.4, -0.2) is 43.5 Å². The molecule has 1 aromatic heterocycles. The van der Waals surface area contributed by atoms with Gasteiger partial charge in [-0.15, -0.1) is 0 Å². The number of ether oxygens (including phenoxy) is 3. The van der Waals surface area contributed by atoms with Gasteiger partial charge in [-0.2, -0.15) is 0 Å². The van der Waals surface area contributed by atoms with Gasteiger partial charge < -0.3 is 23.7 Å². The van der Waals surface area contributed by atoms with Crippen LogP contribution < -0.4 is 0 Å². The molecule has 0 atom stereocenters. The Bertz CT molecular complexity index is 371. The highest BCUT2D eigenvalue weighted by molar-refractivity contribution is 5.91. The molecule has 1 heterocycles. The topological polar surface area (TPSA) is 95.2 Å². The second-order valence-electron chi connectivity index (χ2n) is 3.47. The van der Waals surface area contributed by atoms with Crippen molar-refractivity contribution in [1.82, 2.24) is 0 Å². The Morgan fingerprint density at radius 2 is 1.95 bits per heavy atom. The van der Waals surface area contributed by atoms with Crippen molar-refractivity contribution in [2.24, 2.45) is 0 Å². The third-order valence-corrected chi connectivity index (χ3v) is 1.97. The molecule has 19 heavy (non-hydrogen) atoms. The normalized spacial score (nSPS) is 10.2. The second-order valence-corrected chi connectivity index (χ2v) is 3.47. The first kappa shape index (κ1) is 15.2. The molecule has 0 radical (unpaired) electrons. The van der Waals surface area contributed by atoms with Crippen LogP contribution in [0.5, 0.6) is 0 Å². The lowest BCUT2D eigenvalue weighted by molar-refractivity contribution is -0.156. The summed E-state index contributed by atoms with van der Waals surface area (Å²) in [6.45, 7) is 0.284. The minimum atomic E-state index is -0.683. The summed E-state index contributed by atoms with van der Waals surface area (Å²) < 4.78 is 19.4. The molecule has 0 aliphatic carbocycles. The lowest BCUT2D eigenvalue weighted by Crippen LogP contribution is -2.16. The number of aliphatic hydroxyl groups excluding tert-OH is 1. The SMILES string of the molecule is O=C(CC(=O)OCc1ccco1)OCCOCCO. The molecule has 0 fully saturated rings. The molecular weight excluding hydrogens is 256 g/mol. The van der Waals surface area contributed by atoms with Crippen molar-refractivity contribution in [3.63, 3.8) is 0 Å². The number of hydrogen-bond donors (Lipinski definition) is 1. The number of rotatable bonds is 9. The van der Waals surface area contributed by atoms with Crippen LogP contribution in [0.4, 0.5) is 0 Å². The Kier molecular flexibility index (Phi) is 7.30. The van der Waals surface area contributed by atoms with Crippen LogP contribution in [0.2, 0.25) is 0 Å². The summed E-state index contributed by atoms with van der Waals surface area (Å²) in [5, 5.41) is 8.43. The van der Waals surface area contributed by atoms with E-state index in [1.54, 1.807) is 12.1 Å². The van der Waals surface area contributed by atoms with Gasteiger partial charge in [0.1, 0.15) is 25.4 Å². The van der Waals surface area contributed by atoms with Gasteiger partial charge in [0.25, 0.3) is 0 Å². The van der Waals surface area contributed by atoms with Crippen LogP contribution in [0, 0.1) is 0 Å². The smallest absolute Gasteiger partial charge is 0.317 e. The third-order valence-electron chi connectivity index (χ3n) is 1.97. The zero-order valence-electron chi connectivity index (χ0n) is 10.4. The summed E-state index contributed by atoms with van der Waals surface area (Å²) in [4.78, 5) is 22.5. The first-order valence-corrected chi connectivity index (χ1v) is 5.74. The average Bonchev–Trinajstić information content (AvgIpc) is 2.89. The van der Waals surface area contributed by atoms with E-state index in [0.717, 1.165) is 0 Å². The number of aliphatic hydroxyl groups is 1. The van der Waals surface area contributed by atoms with Crippen molar-refractivity contribution in [3.8, 4) is 0 Å². The molecule has 0 aliphatic rings. The van der Waals surface area contributed by atoms with Gasteiger partial charge in [0, 0.05) is 0 Å². The van der Waals surface area contributed by atoms with Gasteiger partial charge in [0.2, 0.25) is 0 Å². The number of furan rings is 1. The summed E-state index contributed by atoms with van der Waals surface area (Å²) in [5.74, 6) is -0.867. The van der Waals surface area contributed by atoms with Crippen molar-refractivity contribution >= 4 is 11.9 Å². The van der Waals surface area contributed by atoms with E-state index in [0.29, 0.717) is 5.76 Å². The highest BCUT2D eigenvalue weighted by atomic mass is 16.6. The van der Waals surface area contributed by atoms with E-state index in [9.17, 15) is 9.59 Å². The first-order chi connectivity index (χ1) is 9.22. The molecular formula is C12H16O7. The van der Waals surface area contributed by atoms with Gasteiger partial charge >= 0.3 is 11.9 Å². The molecule has 7 heteroatoms. The predicted octanol–water partition coefficient (Wildman–Crippen LogP) is 0.265. The number of esters is 2. The molecule has 0 unspecified atom stereocenters. The molecule has 1 rings (SSSR count). The molecule has 0 bridgehead atoms. The van der Waals surface area contributed by atoms with Crippen molar-refractivity contribution in [3.05, 3.63) is 24.2 Å². The molecule has 106 valence electrons. The zero-order valence-corrected chi connectivity index (χ0v) is 10.4. The van der Waals surface area contributed by atoms with Gasteiger partial charge in [0.15, 0.2) is 0 Å². The van der Waals surface area contributed by atoms with Gasteiger partial charge in [-0.1, -0.05) is 0 Å². The van der Waals surface area contributed by atoms with E-state index in [-0.39, 0.29) is 33.0 Å². The van der Waals surface area contributed by atoms with Crippen LogP contribution in [0.25, 0.3) is 0 Å². The fourth-order valence-corrected chi connectivity index (χ4v) is 1.15. The van der Waals surface area contributed by atoms with Gasteiger partial charge in [-0.05, 0) is 12.1 Å². The maximum Gasteiger partial charge on any atom is 0.317 e. The highest BCUT2D eigenvalue weighted by Gasteiger charge is 2.12. The number of carbonyl (C=O) groups is 2. The standard InChI is InChI=1S/C12H16O7/c13-3-5-16-6-7-18-11(14)8-12(15)19-9-10-2-1-4-17-10/h1-2,4,13H,3,5-9H2. The quantitative estimate of drug-likeness (QED) is 0.391. The average molecular weight is 272 g/mol. The van der Waals surface area contributed by atoms with Crippen molar-refractivity contribution in [1.29, 1.82) is 0 Å². The third kappa shape index (κ3) is 7.22. The van der Waals surface area contributed by atoms with Crippen LogP contribution in [0.1, 0.15) is 12.2 Å². The summed E-state index contributed by atoms with van der Waals surface area (Å²) in [5.41, 5.74) is 0. The fraction of sp³-hybridized carbons (Fsp3) is 0.500. The Balaban J connectivity index is 2.05. The fourth-order valence-electron chi connectivity index (χ4n) is 1.15. The van der Waals surface area contributed by atoms with E-state index in [1.165, 1.54) is 6.26 Å². The van der Waals surface area contributed by atoms with Crippen LogP contribution in [0.15, 0.2) is 22.8 Å². The van der Waals surface area contributed by atoms with E-state index >= 15 is 0 Å². The Hall–Kier alpha value is -1.86. The van der Waals surface area contributed by atoms with Crippen molar-refractivity contribution < 1.29 is 33.3 Å². The van der Waals surface area contributed by atoms with E-state index in [4.69, 9.17) is 23.7 Å². The summed E-state index contributed by atoms with van der Waals surface area (Å²) >= 11 is 0. The molecule has 1 N–H and O–H groups in total. The molecule has 0 aromatic carbocycles. The first-order valence-electron chi connectivity index (χ1n) is 5.74. The van der Waals surface area contributed by atoms with E-state index in [1.807, 2.05) is 0 Å². The molecule has 0 aliphatic heterocycles. The van der Waals surface area contributed by atoms with Crippen molar-refractivity contribution in [2.45, 2.75) is 13.0 Å². The molecule has 0 amide bonds. The molecule has 0 saturated carbocycles. The minimum Gasteiger partial charge on any atom is -0.466 e. The lowest BCUT2D eigenvalue weighted by atomic mass is 10.4. The minimum absolute atomic E-state index is 0.0152. The number of carbonyl (C=O) groups excluding carboxylic acids is 2. The largest absolute Gasteiger partial charge is 0.466 e. The second kappa shape index (κ2) is 9.12. The van der Waals surface area contributed by atoms with E-state index in [2.05, 4.69) is 0 Å². The van der Waals surface area contributed by atoms with Crippen LogP contribution >= 0.6 is 0 Å². The van der Waals surface area contributed by atoms with Crippen LogP contribution in [-0.2, 0) is 30.4 Å². The monoisotopic (exact) mass is 272 g/mol. The zero-order chi connectivity index (χ0) is 13.9. The molecule has 0 saturated heterocycles. The van der Waals surface area contributed by atoms with Crippen molar-refractivity contribution in [2.75, 3.05) is 26.4 Å². The Morgan fingerprint density at radius 1 is 1.16 bits per heavy atom. The Morgan fingerprint density at radius 3 is 2.63 bits per heavy atom. The molecule has 7 nitrogen and oxygen atoms in total. The summed E-state index contributed by atoms with van der Waals surface area (Å²) in [7, 11) is 0. The molecule has 0 spiro atoms. The summed E-state index contributed by atoms with van der Waals surface area (Å²) in [6.07, 6.45) is 1.00. The number of hydrogen-bond acceptors (Lipinski definition) is 7. The maximum absolute atomic E-state index is 11.3. The summed E-state index contributed by atoms with van der Waals surface area (Å²) in [6, 6.07) is 3.33. The Labute approximate surface area is 110 Å². The predicted molar refractivity (Wildman–Crippen MR) is 62.0 cm³/mol.